The molecule has 0 aliphatic carbocycles. The average Bonchev–Trinajstić information content (AvgIpc) is 3.30. The third kappa shape index (κ3) is 4.22. The molecule has 1 amide bonds. The highest BCUT2D eigenvalue weighted by Gasteiger charge is 2.26. The monoisotopic (exact) mass is 361 g/mol. The molecule has 3 rings (SSSR count). The maximum Gasteiger partial charge on any atom is 0.224 e. The van der Waals surface area contributed by atoms with Crippen molar-refractivity contribution in [3.05, 3.63) is 35.3 Å². The van der Waals surface area contributed by atoms with E-state index in [4.69, 9.17) is 9.47 Å². The van der Waals surface area contributed by atoms with Gasteiger partial charge in [-0.05, 0) is 30.5 Å². The molecule has 1 aliphatic rings. The summed E-state index contributed by atoms with van der Waals surface area (Å²) in [6, 6.07) is 5.87. The van der Waals surface area contributed by atoms with Crippen LogP contribution in [0.25, 0.3) is 0 Å². The van der Waals surface area contributed by atoms with E-state index >= 15 is 0 Å². The van der Waals surface area contributed by atoms with Crippen molar-refractivity contribution in [2.75, 3.05) is 32.2 Å². The Balaban J connectivity index is 1.54. The maximum absolute atomic E-state index is 12.3. The molecule has 25 heavy (non-hydrogen) atoms. The number of nitrogens with zero attached hydrogens (tertiary/aromatic N) is 2. The molecule has 0 saturated carbocycles. The van der Waals surface area contributed by atoms with Crippen LogP contribution < -0.4 is 19.7 Å². The normalized spacial score (nSPS) is 16.7. The van der Waals surface area contributed by atoms with Crippen LogP contribution in [0, 0.1) is 0 Å². The molecule has 2 aromatic rings. The van der Waals surface area contributed by atoms with Crippen molar-refractivity contribution in [3.63, 3.8) is 0 Å². The molecule has 0 radical (unpaired) electrons. The Morgan fingerprint density at radius 1 is 1.36 bits per heavy atom. The van der Waals surface area contributed by atoms with Gasteiger partial charge in [0.05, 0.1) is 20.6 Å². The van der Waals surface area contributed by atoms with E-state index in [2.05, 4.69) is 15.2 Å². The predicted molar refractivity (Wildman–Crippen MR) is 98.7 cm³/mol. The van der Waals surface area contributed by atoms with Crippen LogP contribution in [0.15, 0.2) is 29.8 Å². The number of thiazole rings is 1. The summed E-state index contributed by atoms with van der Waals surface area (Å²) >= 11 is 1.64. The SMILES string of the molecule is COc1ccc(CC(=O)NCC2CCCN2c2nccs2)cc1OC. The van der Waals surface area contributed by atoms with E-state index in [0.717, 1.165) is 30.1 Å². The zero-order chi connectivity index (χ0) is 17.6. The summed E-state index contributed by atoms with van der Waals surface area (Å²) in [5.74, 6) is 1.31. The zero-order valence-corrected chi connectivity index (χ0v) is 15.3. The number of methoxy groups -OCH3 is 2. The van der Waals surface area contributed by atoms with E-state index in [0.29, 0.717) is 30.5 Å². The summed E-state index contributed by atoms with van der Waals surface area (Å²) < 4.78 is 10.5. The molecule has 2 heterocycles. The molecule has 134 valence electrons. The number of hydrogen-bond acceptors (Lipinski definition) is 6. The lowest BCUT2D eigenvalue weighted by molar-refractivity contribution is -0.120. The number of nitrogens with one attached hydrogen (secondary N) is 1. The van der Waals surface area contributed by atoms with Gasteiger partial charge in [0.2, 0.25) is 5.91 Å². The van der Waals surface area contributed by atoms with Gasteiger partial charge >= 0.3 is 0 Å². The number of hydrogen-bond donors (Lipinski definition) is 1. The van der Waals surface area contributed by atoms with E-state index in [1.807, 2.05) is 29.8 Å². The highest BCUT2D eigenvalue weighted by atomic mass is 32.1. The molecular weight excluding hydrogens is 338 g/mol. The van der Waals surface area contributed by atoms with E-state index in [1.54, 1.807) is 25.6 Å². The second-order valence-corrected chi connectivity index (χ2v) is 6.85. The Morgan fingerprint density at radius 3 is 2.92 bits per heavy atom. The molecule has 7 heteroatoms. The second-order valence-electron chi connectivity index (χ2n) is 5.97. The smallest absolute Gasteiger partial charge is 0.224 e. The Hall–Kier alpha value is -2.28. The lowest BCUT2D eigenvalue weighted by Crippen LogP contribution is -2.40. The summed E-state index contributed by atoms with van der Waals surface area (Å²) in [5.41, 5.74) is 0.901. The minimum Gasteiger partial charge on any atom is -0.493 e. The van der Waals surface area contributed by atoms with Gasteiger partial charge in [-0.1, -0.05) is 6.07 Å². The number of ether oxygens (including phenoxy) is 2. The second kappa shape index (κ2) is 8.20. The van der Waals surface area contributed by atoms with E-state index < -0.39 is 0 Å². The molecule has 0 spiro atoms. The number of anilines is 1. The zero-order valence-electron chi connectivity index (χ0n) is 14.5. The van der Waals surface area contributed by atoms with E-state index in [1.165, 1.54) is 0 Å². The van der Waals surface area contributed by atoms with Crippen LogP contribution >= 0.6 is 11.3 Å². The largest absolute Gasteiger partial charge is 0.493 e. The van der Waals surface area contributed by atoms with Gasteiger partial charge in [0.15, 0.2) is 16.6 Å². The Morgan fingerprint density at radius 2 is 2.20 bits per heavy atom. The fourth-order valence-electron chi connectivity index (χ4n) is 3.13. The summed E-state index contributed by atoms with van der Waals surface area (Å²) in [7, 11) is 3.19. The van der Waals surface area contributed by atoms with Gasteiger partial charge in [-0.3, -0.25) is 4.79 Å². The summed E-state index contributed by atoms with van der Waals surface area (Å²) in [6.45, 7) is 1.65. The van der Waals surface area contributed by atoms with Gasteiger partial charge in [0.25, 0.3) is 0 Å². The highest BCUT2D eigenvalue weighted by molar-refractivity contribution is 7.13. The van der Waals surface area contributed by atoms with Crippen molar-refractivity contribution in [2.24, 2.45) is 0 Å². The number of benzene rings is 1. The number of carbonyl (C=O) groups is 1. The van der Waals surface area contributed by atoms with Gasteiger partial charge in [0.1, 0.15) is 0 Å². The molecular formula is C18H23N3O3S. The summed E-state index contributed by atoms with van der Waals surface area (Å²) in [6.07, 6.45) is 4.36. The molecule has 6 nitrogen and oxygen atoms in total. The Bertz CT molecular complexity index is 706. The number of amides is 1. The molecule has 1 unspecified atom stereocenters. The van der Waals surface area contributed by atoms with Gasteiger partial charge in [-0.25, -0.2) is 4.98 Å². The Kier molecular flexibility index (Phi) is 5.75. The number of carbonyl (C=O) groups excluding carboxylic acids is 1. The van der Waals surface area contributed by atoms with Crippen molar-refractivity contribution in [1.82, 2.24) is 10.3 Å². The molecule has 0 bridgehead atoms. The fraction of sp³-hybridized carbons (Fsp3) is 0.444. The van der Waals surface area contributed by atoms with Gasteiger partial charge in [0, 0.05) is 30.7 Å². The van der Waals surface area contributed by atoms with Crippen molar-refractivity contribution in [3.8, 4) is 11.5 Å². The standard InChI is InChI=1S/C18H23N3O3S/c1-23-15-6-5-13(10-16(15)24-2)11-17(22)20-12-14-4-3-8-21(14)18-19-7-9-25-18/h5-7,9-10,14H,3-4,8,11-12H2,1-2H3,(H,20,22). The molecule has 1 aromatic heterocycles. The van der Waals surface area contributed by atoms with Crippen molar-refractivity contribution < 1.29 is 14.3 Å². The van der Waals surface area contributed by atoms with Crippen molar-refractivity contribution in [2.45, 2.75) is 25.3 Å². The van der Waals surface area contributed by atoms with Crippen LogP contribution in [0.1, 0.15) is 18.4 Å². The quantitative estimate of drug-likeness (QED) is 0.821. The summed E-state index contributed by atoms with van der Waals surface area (Å²) in [5, 5.41) is 6.08. The first kappa shape index (κ1) is 17.5. The van der Waals surface area contributed by atoms with Crippen LogP contribution in [0.4, 0.5) is 5.13 Å². The molecule has 1 aromatic carbocycles. The maximum atomic E-state index is 12.3. The van der Waals surface area contributed by atoms with Crippen molar-refractivity contribution in [1.29, 1.82) is 0 Å². The Labute approximate surface area is 151 Å². The van der Waals surface area contributed by atoms with E-state index in [-0.39, 0.29) is 5.91 Å². The minimum atomic E-state index is 0.0122. The minimum absolute atomic E-state index is 0.0122. The fourth-order valence-corrected chi connectivity index (χ4v) is 3.87. The third-order valence-electron chi connectivity index (χ3n) is 4.39. The number of rotatable bonds is 7. The first-order valence-electron chi connectivity index (χ1n) is 8.35. The van der Waals surface area contributed by atoms with Crippen LogP contribution in [-0.2, 0) is 11.2 Å². The predicted octanol–water partition coefficient (Wildman–Crippen LogP) is 2.49. The van der Waals surface area contributed by atoms with Crippen LogP contribution in [-0.4, -0.2) is 44.2 Å². The number of aromatic nitrogens is 1. The topological polar surface area (TPSA) is 63.7 Å². The van der Waals surface area contributed by atoms with Gasteiger partial charge < -0.3 is 19.7 Å². The first-order chi connectivity index (χ1) is 12.2. The van der Waals surface area contributed by atoms with Gasteiger partial charge in [-0.15, -0.1) is 11.3 Å². The lowest BCUT2D eigenvalue weighted by Gasteiger charge is -2.24. The summed E-state index contributed by atoms with van der Waals surface area (Å²) in [4.78, 5) is 19.0. The van der Waals surface area contributed by atoms with Crippen LogP contribution in [0.2, 0.25) is 0 Å². The van der Waals surface area contributed by atoms with Gasteiger partial charge in [-0.2, -0.15) is 0 Å². The molecule has 1 saturated heterocycles. The van der Waals surface area contributed by atoms with E-state index in [9.17, 15) is 4.79 Å². The molecule has 1 aliphatic heterocycles. The molecule has 1 N–H and O–H groups in total. The molecule has 1 atom stereocenters. The van der Waals surface area contributed by atoms with Crippen LogP contribution in [0.5, 0.6) is 11.5 Å². The third-order valence-corrected chi connectivity index (χ3v) is 5.20. The van der Waals surface area contributed by atoms with Crippen LogP contribution in [0.3, 0.4) is 0 Å². The molecule has 1 fully saturated rings. The highest BCUT2D eigenvalue weighted by Crippen LogP contribution is 2.28. The lowest BCUT2D eigenvalue weighted by atomic mass is 10.1. The average molecular weight is 361 g/mol. The first-order valence-corrected chi connectivity index (χ1v) is 9.23. The van der Waals surface area contributed by atoms with Crippen molar-refractivity contribution >= 4 is 22.4 Å².